The van der Waals surface area contributed by atoms with Crippen molar-refractivity contribution in [1.82, 2.24) is 0 Å². The van der Waals surface area contributed by atoms with Crippen LogP contribution in [0.1, 0.15) is 11.1 Å². The lowest BCUT2D eigenvalue weighted by Gasteiger charge is -2.13. The number of rotatable bonds is 6. The quantitative estimate of drug-likeness (QED) is 0.560. The Morgan fingerprint density at radius 1 is 1.08 bits per heavy atom. The van der Waals surface area contributed by atoms with Crippen molar-refractivity contribution < 1.29 is 30.5 Å². The first-order chi connectivity index (χ1) is 11.7. The van der Waals surface area contributed by atoms with Crippen molar-refractivity contribution in [3.8, 4) is 5.75 Å². The molecule has 0 N–H and O–H groups in total. The Labute approximate surface area is 143 Å². The van der Waals surface area contributed by atoms with Crippen LogP contribution in [0.25, 0.3) is 5.76 Å². The van der Waals surface area contributed by atoms with E-state index in [4.69, 9.17) is 8.92 Å². The van der Waals surface area contributed by atoms with E-state index in [2.05, 4.69) is 0 Å². The van der Waals surface area contributed by atoms with Gasteiger partial charge in [0.15, 0.2) is 5.76 Å². The average molecular weight is 372 g/mol. The number of hydrogen-bond acceptors (Lipinski definition) is 4. The van der Waals surface area contributed by atoms with E-state index in [1.54, 1.807) is 6.92 Å². The van der Waals surface area contributed by atoms with Crippen molar-refractivity contribution >= 4 is 15.9 Å². The monoisotopic (exact) mass is 372 g/mol. The second-order valence-corrected chi connectivity index (χ2v) is 6.61. The Bertz CT molecular complexity index is 875. The second kappa shape index (κ2) is 7.60. The molecule has 0 atom stereocenters. The van der Waals surface area contributed by atoms with E-state index in [0.717, 1.165) is 5.56 Å². The van der Waals surface area contributed by atoms with Crippen molar-refractivity contribution in [2.75, 3.05) is 7.11 Å². The maximum absolute atomic E-state index is 13.9. The van der Waals surface area contributed by atoms with E-state index in [9.17, 15) is 21.6 Å². The standard InChI is InChI=1S/C17H15F3O4S/c1-11-6-8-14(9-7-11)25(21,22)24-16(15(18)17(19)20)12-4-3-5-13(10-12)23-2/h3-10,17H,1-2H3/b16-15+. The molecule has 0 fully saturated rings. The number of allylic oxidation sites excluding steroid dienone is 1. The molecule has 25 heavy (non-hydrogen) atoms. The number of hydrogen-bond donors (Lipinski definition) is 0. The minimum atomic E-state index is -4.49. The molecule has 2 rings (SSSR count). The Balaban J connectivity index is 2.50. The lowest BCUT2D eigenvalue weighted by atomic mass is 10.1. The summed E-state index contributed by atoms with van der Waals surface area (Å²) < 4.78 is 73.9. The highest BCUT2D eigenvalue weighted by molar-refractivity contribution is 7.87. The number of alkyl halides is 2. The molecule has 8 heteroatoms. The van der Waals surface area contributed by atoms with E-state index in [0.29, 0.717) is 0 Å². The molecule has 2 aromatic carbocycles. The van der Waals surface area contributed by atoms with Gasteiger partial charge in [-0.3, -0.25) is 0 Å². The fraction of sp³-hybridized carbons (Fsp3) is 0.176. The van der Waals surface area contributed by atoms with E-state index in [1.807, 2.05) is 0 Å². The summed E-state index contributed by atoms with van der Waals surface area (Å²) in [5.41, 5.74) is 0.606. The Morgan fingerprint density at radius 3 is 2.28 bits per heavy atom. The van der Waals surface area contributed by atoms with Gasteiger partial charge in [0, 0.05) is 5.56 Å². The molecule has 0 amide bonds. The van der Waals surface area contributed by atoms with Crippen LogP contribution in [0.5, 0.6) is 5.75 Å². The Kier molecular flexibility index (Phi) is 5.73. The first-order valence-electron chi connectivity index (χ1n) is 7.08. The van der Waals surface area contributed by atoms with Gasteiger partial charge < -0.3 is 8.92 Å². The van der Waals surface area contributed by atoms with Crippen LogP contribution in [0.3, 0.4) is 0 Å². The van der Waals surface area contributed by atoms with Gasteiger partial charge >= 0.3 is 10.1 Å². The summed E-state index contributed by atoms with van der Waals surface area (Å²) in [7, 11) is -3.17. The van der Waals surface area contributed by atoms with Gasteiger partial charge in [-0.2, -0.15) is 8.42 Å². The zero-order chi connectivity index (χ0) is 18.6. The molecule has 0 unspecified atom stereocenters. The van der Waals surface area contributed by atoms with Gasteiger partial charge in [-0.25, -0.2) is 13.2 Å². The summed E-state index contributed by atoms with van der Waals surface area (Å²) in [5, 5.41) is 0. The van der Waals surface area contributed by atoms with Gasteiger partial charge in [0.25, 0.3) is 6.43 Å². The van der Waals surface area contributed by atoms with Crippen LogP contribution in [0.15, 0.2) is 59.3 Å². The summed E-state index contributed by atoms with van der Waals surface area (Å²) >= 11 is 0. The van der Waals surface area contributed by atoms with Crippen LogP contribution >= 0.6 is 0 Å². The molecule has 0 heterocycles. The minimum absolute atomic E-state index is 0.187. The molecule has 0 spiro atoms. The van der Waals surface area contributed by atoms with Gasteiger partial charge in [0.2, 0.25) is 5.83 Å². The largest absolute Gasteiger partial charge is 0.497 e. The van der Waals surface area contributed by atoms with Gasteiger partial charge in [-0.15, -0.1) is 0 Å². The van der Waals surface area contributed by atoms with Crippen molar-refractivity contribution in [3.05, 3.63) is 65.5 Å². The van der Waals surface area contributed by atoms with Gasteiger partial charge in [0.05, 0.1) is 7.11 Å². The molecular weight excluding hydrogens is 357 g/mol. The number of aryl methyl sites for hydroxylation is 1. The lowest BCUT2D eigenvalue weighted by Crippen LogP contribution is -2.09. The molecule has 0 aliphatic heterocycles. The number of methoxy groups -OCH3 is 1. The molecule has 0 bridgehead atoms. The Hall–Kier alpha value is -2.48. The number of benzene rings is 2. The van der Waals surface area contributed by atoms with Crippen molar-refractivity contribution in [1.29, 1.82) is 0 Å². The summed E-state index contributed by atoms with van der Waals surface area (Å²) in [6.45, 7) is 1.75. The van der Waals surface area contributed by atoms with Crippen LogP contribution < -0.4 is 4.74 Å². The number of ether oxygens (including phenoxy) is 1. The molecule has 0 radical (unpaired) electrons. The smallest absolute Gasteiger partial charge is 0.339 e. The van der Waals surface area contributed by atoms with E-state index < -0.39 is 28.1 Å². The molecule has 0 saturated heterocycles. The highest BCUT2D eigenvalue weighted by atomic mass is 32.2. The van der Waals surface area contributed by atoms with Crippen molar-refractivity contribution in [2.24, 2.45) is 0 Å². The lowest BCUT2D eigenvalue weighted by molar-refractivity contribution is 0.157. The fourth-order valence-corrected chi connectivity index (χ4v) is 2.91. The van der Waals surface area contributed by atoms with Crippen LogP contribution in [0.4, 0.5) is 13.2 Å². The average Bonchev–Trinajstić information content (AvgIpc) is 2.59. The summed E-state index contributed by atoms with van der Waals surface area (Å²) in [5.74, 6) is -2.83. The minimum Gasteiger partial charge on any atom is -0.497 e. The Morgan fingerprint density at radius 2 is 1.72 bits per heavy atom. The fourth-order valence-electron chi connectivity index (χ4n) is 1.95. The van der Waals surface area contributed by atoms with Crippen LogP contribution in [0, 0.1) is 6.92 Å². The third-order valence-corrected chi connectivity index (χ3v) is 4.48. The highest BCUT2D eigenvalue weighted by Crippen LogP contribution is 2.31. The van der Waals surface area contributed by atoms with Crippen molar-refractivity contribution in [2.45, 2.75) is 18.2 Å². The maximum Gasteiger partial charge on any atom is 0.339 e. The molecule has 0 aromatic heterocycles. The topological polar surface area (TPSA) is 52.6 Å². The predicted molar refractivity (Wildman–Crippen MR) is 86.5 cm³/mol. The van der Waals surface area contributed by atoms with E-state index >= 15 is 0 Å². The van der Waals surface area contributed by atoms with Crippen molar-refractivity contribution in [3.63, 3.8) is 0 Å². The van der Waals surface area contributed by atoms with E-state index in [1.165, 1.54) is 55.6 Å². The normalized spacial score (nSPS) is 12.7. The van der Waals surface area contributed by atoms with Crippen LogP contribution in [-0.2, 0) is 14.3 Å². The third kappa shape index (κ3) is 4.54. The molecule has 0 saturated carbocycles. The summed E-state index contributed by atoms with van der Waals surface area (Å²) in [6, 6.07) is 10.8. The predicted octanol–water partition coefficient (Wildman–Crippen LogP) is 4.31. The van der Waals surface area contributed by atoms with Gasteiger partial charge in [-0.05, 0) is 31.2 Å². The molecular formula is C17H15F3O4S. The molecule has 134 valence electrons. The molecule has 0 aliphatic carbocycles. The summed E-state index contributed by atoms with van der Waals surface area (Å²) in [4.78, 5) is -0.277. The van der Waals surface area contributed by atoms with Gasteiger partial charge in [-0.1, -0.05) is 29.8 Å². The van der Waals surface area contributed by atoms with Crippen LogP contribution in [0.2, 0.25) is 0 Å². The van der Waals surface area contributed by atoms with Gasteiger partial charge in [0.1, 0.15) is 10.6 Å². The molecule has 0 aliphatic rings. The SMILES string of the molecule is COc1cccc(/C(OS(=O)(=O)c2ccc(C)cc2)=C(\F)C(F)F)c1. The van der Waals surface area contributed by atoms with Crippen LogP contribution in [-0.4, -0.2) is 22.0 Å². The zero-order valence-electron chi connectivity index (χ0n) is 13.4. The highest BCUT2D eigenvalue weighted by Gasteiger charge is 2.26. The van der Waals surface area contributed by atoms with E-state index in [-0.39, 0.29) is 16.2 Å². The zero-order valence-corrected chi connectivity index (χ0v) is 14.2. The third-order valence-electron chi connectivity index (χ3n) is 3.24. The first kappa shape index (κ1) is 18.9. The summed E-state index contributed by atoms with van der Waals surface area (Å²) in [6.07, 6.45) is -3.53. The molecule has 2 aromatic rings. The second-order valence-electron chi connectivity index (χ2n) is 5.06. The molecule has 4 nitrogen and oxygen atoms in total. The first-order valence-corrected chi connectivity index (χ1v) is 8.49. The maximum atomic E-state index is 13.9. The number of halogens is 3.